The molecule has 138 valence electrons. The fourth-order valence-electron chi connectivity index (χ4n) is 2.77. The molecule has 0 fully saturated rings. The van der Waals surface area contributed by atoms with Crippen LogP contribution in [0.2, 0.25) is 0 Å². The van der Waals surface area contributed by atoms with Crippen LogP contribution in [0, 0.1) is 0 Å². The zero-order chi connectivity index (χ0) is 17.7. The fraction of sp³-hybridized carbons (Fsp3) is 1.00. The summed E-state index contributed by atoms with van der Waals surface area (Å²) in [5.41, 5.74) is 3.50. The predicted octanol–water partition coefficient (Wildman–Crippen LogP) is 6.55. The van der Waals surface area contributed by atoms with E-state index in [9.17, 15) is 0 Å². The molecule has 0 aromatic rings. The van der Waals surface area contributed by atoms with Gasteiger partial charge in [0, 0.05) is 0 Å². The van der Waals surface area contributed by atoms with Gasteiger partial charge in [0.25, 0.3) is 0 Å². The summed E-state index contributed by atoms with van der Waals surface area (Å²) in [5, 5.41) is 3.70. The SMILES string of the molecule is CC(C)P(CCNCCP(C(C)C)C(C)C)C(C)C.[Cl][Ru][Cl]. The van der Waals surface area contributed by atoms with Crippen molar-refractivity contribution in [3.8, 4) is 0 Å². The summed E-state index contributed by atoms with van der Waals surface area (Å²) >= 11 is -0.346. The van der Waals surface area contributed by atoms with E-state index in [0.29, 0.717) is 0 Å². The van der Waals surface area contributed by atoms with E-state index in [1.807, 2.05) is 0 Å². The fourth-order valence-corrected chi connectivity index (χ4v) is 8.05. The number of halogens is 2. The van der Waals surface area contributed by atoms with Gasteiger partial charge < -0.3 is 5.32 Å². The van der Waals surface area contributed by atoms with Crippen LogP contribution in [-0.2, 0) is 15.1 Å². The van der Waals surface area contributed by atoms with Crippen LogP contribution in [0.3, 0.4) is 0 Å². The van der Waals surface area contributed by atoms with Crippen molar-refractivity contribution in [2.45, 2.75) is 78.0 Å². The molecule has 0 unspecified atom stereocenters. The van der Waals surface area contributed by atoms with Gasteiger partial charge in [-0.3, -0.25) is 0 Å². The molecule has 0 radical (unpaired) electrons. The topological polar surface area (TPSA) is 12.0 Å². The van der Waals surface area contributed by atoms with Crippen LogP contribution in [-0.4, -0.2) is 48.0 Å². The van der Waals surface area contributed by atoms with Gasteiger partial charge in [0.2, 0.25) is 0 Å². The molecular weight excluding hydrogens is 440 g/mol. The Morgan fingerprint density at radius 2 is 0.909 bits per heavy atom. The second-order valence-corrected chi connectivity index (χ2v) is 16.4. The molecule has 0 bridgehead atoms. The molecule has 0 aromatic carbocycles. The van der Waals surface area contributed by atoms with Gasteiger partial charge in [0.15, 0.2) is 0 Å². The van der Waals surface area contributed by atoms with E-state index in [1.165, 1.54) is 25.4 Å². The first-order valence-corrected chi connectivity index (χ1v) is 16.1. The minimum atomic E-state index is -0.346. The van der Waals surface area contributed by atoms with Gasteiger partial charge in [-0.1, -0.05) is 55.4 Å². The Morgan fingerprint density at radius 1 is 0.682 bits per heavy atom. The first kappa shape index (κ1) is 26.3. The van der Waals surface area contributed by atoms with Crippen LogP contribution < -0.4 is 5.32 Å². The van der Waals surface area contributed by atoms with Gasteiger partial charge in [0.05, 0.1) is 0 Å². The molecule has 1 N–H and O–H groups in total. The number of nitrogens with one attached hydrogen (secondary N) is 1. The van der Waals surface area contributed by atoms with E-state index in [4.69, 9.17) is 19.4 Å². The van der Waals surface area contributed by atoms with Gasteiger partial charge in [-0.05, 0) is 48.0 Å². The molecule has 0 spiro atoms. The van der Waals surface area contributed by atoms with Crippen molar-refractivity contribution in [2.24, 2.45) is 0 Å². The van der Waals surface area contributed by atoms with E-state index in [2.05, 4.69) is 60.7 Å². The van der Waals surface area contributed by atoms with Gasteiger partial charge >= 0.3 is 34.5 Å². The molecule has 0 aliphatic carbocycles. The molecule has 22 heavy (non-hydrogen) atoms. The third-order valence-electron chi connectivity index (χ3n) is 3.75. The normalized spacial score (nSPS) is 12.2. The van der Waals surface area contributed by atoms with Crippen LogP contribution in [0.25, 0.3) is 0 Å². The summed E-state index contributed by atoms with van der Waals surface area (Å²) in [7, 11) is 10.1. The Hall–Kier alpha value is 2.02. The van der Waals surface area contributed by atoms with Crippen LogP contribution in [0.15, 0.2) is 0 Å². The third-order valence-corrected chi connectivity index (χ3v) is 10.5. The quantitative estimate of drug-likeness (QED) is 0.214. The van der Waals surface area contributed by atoms with E-state index in [0.717, 1.165) is 22.6 Å². The average molecular weight is 477 g/mol. The number of rotatable bonds is 10. The van der Waals surface area contributed by atoms with E-state index < -0.39 is 0 Å². The van der Waals surface area contributed by atoms with Gasteiger partial charge in [0.1, 0.15) is 0 Å². The molecule has 0 saturated heterocycles. The van der Waals surface area contributed by atoms with Crippen LogP contribution in [0.1, 0.15) is 55.4 Å². The summed E-state index contributed by atoms with van der Waals surface area (Å²) in [4.78, 5) is 0. The average Bonchev–Trinajstić information content (AvgIpc) is 2.36. The van der Waals surface area contributed by atoms with E-state index in [1.54, 1.807) is 0 Å². The van der Waals surface area contributed by atoms with E-state index >= 15 is 0 Å². The Morgan fingerprint density at radius 3 is 1.09 bits per heavy atom. The summed E-state index contributed by atoms with van der Waals surface area (Å²) in [6.45, 7) is 21.6. The molecule has 6 heteroatoms. The summed E-state index contributed by atoms with van der Waals surface area (Å²) in [6.07, 6.45) is 2.79. The molecule has 0 atom stereocenters. The Kier molecular flexibility index (Phi) is 19.7. The van der Waals surface area contributed by atoms with Crippen molar-refractivity contribution in [3.05, 3.63) is 0 Å². The van der Waals surface area contributed by atoms with Crippen molar-refractivity contribution in [1.29, 1.82) is 0 Å². The van der Waals surface area contributed by atoms with Gasteiger partial charge in [-0.15, -0.1) is 15.8 Å². The Bertz CT molecular complexity index is 204. The second-order valence-electron chi connectivity index (χ2n) is 6.65. The molecule has 1 nitrogen and oxygen atoms in total. The van der Waals surface area contributed by atoms with Crippen molar-refractivity contribution in [3.63, 3.8) is 0 Å². The van der Waals surface area contributed by atoms with Crippen LogP contribution in [0.4, 0.5) is 0 Å². The second kappa shape index (κ2) is 16.5. The maximum absolute atomic E-state index is 4.85. The number of hydrogen-bond acceptors (Lipinski definition) is 1. The van der Waals surface area contributed by atoms with Crippen LogP contribution >= 0.6 is 35.2 Å². The monoisotopic (exact) mass is 477 g/mol. The van der Waals surface area contributed by atoms with Crippen LogP contribution in [0.5, 0.6) is 0 Å². The van der Waals surface area contributed by atoms with Crippen molar-refractivity contribution >= 4 is 35.2 Å². The summed E-state index contributed by atoms with van der Waals surface area (Å²) in [6, 6.07) is 0. The molecule has 0 saturated carbocycles. The molecule has 0 rings (SSSR count). The summed E-state index contributed by atoms with van der Waals surface area (Å²) in [5.74, 6) is 0. The number of hydrogen-bond donors (Lipinski definition) is 1. The zero-order valence-electron chi connectivity index (χ0n) is 15.6. The first-order chi connectivity index (χ1) is 10.2. The minimum absolute atomic E-state index is 0.207. The van der Waals surface area contributed by atoms with E-state index in [-0.39, 0.29) is 31.0 Å². The Labute approximate surface area is 158 Å². The van der Waals surface area contributed by atoms with Gasteiger partial charge in [-0.2, -0.15) is 0 Å². The predicted molar refractivity (Wildman–Crippen MR) is 109 cm³/mol. The summed E-state index contributed by atoms with van der Waals surface area (Å²) < 4.78 is 0. The van der Waals surface area contributed by atoms with Crippen molar-refractivity contribution in [1.82, 2.24) is 5.32 Å². The maximum atomic E-state index is 4.85. The standard InChI is InChI=1S/C16H37NP2.2ClH.Ru/c1-13(2)18(14(3)4)11-9-17-10-12-19(15(5)6)16(7)8;;;/h13-17H,9-12H2,1-8H3;2*1H;/q;;;+2/p-2. The third kappa shape index (κ3) is 14.4. The van der Waals surface area contributed by atoms with Crippen molar-refractivity contribution < 1.29 is 15.1 Å². The molecule has 0 aromatic heterocycles. The first-order valence-electron chi connectivity index (χ1n) is 8.26. The van der Waals surface area contributed by atoms with Gasteiger partial charge in [-0.25, -0.2) is 0 Å². The molecule has 0 aliphatic rings. The Balaban J connectivity index is 0. The zero-order valence-corrected chi connectivity index (χ0v) is 20.7. The molecule has 0 amide bonds. The van der Waals surface area contributed by atoms with Crippen molar-refractivity contribution in [2.75, 3.05) is 25.4 Å². The molecular formula is C16H37Cl2NP2Ru. The molecule has 0 aliphatic heterocycles. The molecule has 0 heterocycles.